The average Bonchev–Trinajstić information content (AvgIpc) is 3.09. The number of unbranched alkanes of at least 4 members (excludes halogenated alkanes) is 20. The van der Waals surface area contributed by atoms with Crippen LogP contribution in [0.3, 0.4) is 0 Å². The quantitative estimate of drug-likeness (QED) is 0.0291. The molecule has 0 saturated heterocycles. The highest BCUT2D eigenvalue weighted by Gasteiger charge is 2.31. The zero-order valence-electron chi connectivity index (χ0n) is 34.5. The maximum Gasteiger partial charge on any atom is 0.362 e. The third-order valence-corrected chi connectivity index (χ3v) is 9.62. The van der Waals surface area contributed by atoms with Crippen LogP contribution in [0.1, 0.15) is 187 Å². The van der Waals surface area contributed by atoms with E-state index in [1.807, 2.05) is 21.1 Å². The van der Waals surface area contributed by atoms with E-state index in [4.69, 9.17) is 14.2 Å². The number of rotatable bonds is 38. The molecular weight excluding hydrogens is 654 g/mol. The third-order valence-electron chi connectivity index (χ3n) is 9.62. The summed E-state index contributed by atoms with van der Waals surface area (Å²) in [6.07, 6.45) is 37.8. The first kappa shape index (κ1) is 49.8. The van der Waals surface area contributed by atoms with Crippen LogP contribution in [0.2, 0.25) is 0 Å². The molecule has 8 nitrogen and oxygen atoms in total. The predicted molar refractivity (Wildman–Crippen MR) is 215 cm³/mol. The van der Waals surface area contributed by atoms with Gasteiger partial charge >= 0.3 is 17.9 Å². The lowest BCUT2D eigenvalue weighted by Gasteiger charge is -2.31. The number of quaternary nitrogens is 1. The van der Waals surface area contributed by atoms with Crippen LogP contribution in [-0.4, -0.2) is 80.6 Å². The second kappa shape index (κ2) is 35.8. The molecule has 0 radical (unpaired) electrons. The molecule has 0 aromatic heterocycles. The molecule has 0 heterocycles. The summed E-state index contributed by atoms with van der Waals surface area (Å²) in [6, 6.07) is -0.612. The fourth-order valence-corrected chi connectivity index (χ4v) is 6.31. The number of allylic oxidation sites excluding steroid dienone is 4. The minimum absolute atomic E-state index is 0.0501. The van der Waals surface area contributed by atoms with E-state index >= 15 is 0 Å². The van der Waals surface area contributed by atoms with Crippen LogP contribution >= 0.6 is 0 Å². The molecule has 0 saturated carbocycles. The minimum Gasteiger partial charge on any atom is -0.477 e. The SMILES string of the molecule is CC/C=C/C/C=C/CCCCCCCCCC(=O)OC(COCCC(C(=O)O)[N+](C)(C)C)COC(=O)CCCCCCCCCCCCCCCC. The first-order valence-corrected chi connectivity index (χ1v) is 21.4. The summed E-state index contributed by atoms with van der Waals surface area (Å²) in [5.74, 6) is -1.47. The molecular formula is C44H82NO7+. The maximum absolute atomic E-state index is 12.7. The van der Waals surface area contributed by atoms with Crippen molar-refractivity contribution >= 4 is 17.9 Å². The Balaban J connectivity index is 4.35. The molecule has 0 fully saturated rings. The average molecular weight is 737 g/mol. The lowest BCUT2D eigenvalue weighted by atomic mass is 10.0. The molecule has 304 valence electrons. The van der Waals surface area contributed by atoms with Gasteiger partial charge in [-0.05, 0) is 38.5 Å². The third kappa shape index (κ3) is 33.6. The number of carbonyl (C=O) groups is 3. The smallest absolute Gasteiger partial charge is 0.362 e. The predicted octanol–water partition coefficient (Wildman–Crippen LogP) is 11.3. The van der Waals surface area contributed by atoms with Crippen molar-refractivity contribution < 1.29 is 38.2 Å². The van der Waals surface area contributed by atoms with E-state index in [1.165, 1.54) is 96.3 Å². The van der Waals surface area contributed by atoms with Crippen molar-refractivity contribution in [2.24, 2.45) is 0 Å². The summed E-state index contributed by atoms with van der Waals surface area (Å²) in [7, 11) is 5.52. The van der Waals surface area contributed by atoms with E-state index in [0.717, 1.165) is 57.8 Å². The number of hydrogen-bond donors (Lipinski definition) is 1. The minimum atomic E-state index is -0.875. The number of carboxylic acid groups (broad SMARTS) is 1. The monoisotopic (exact) mass is 737 g/mol. The van der Waals surface area contributed by atoms with Crippen molar-refractivity contribution in [1.29, 1.82) is 0 Å². The van der Waals surface area contributed by atoms with Gasteiger partial charge in [0.25, 0.3) is 0 Å². The van der Waals surface area contributed by atoms with Crippen molar-refractivity contribution in [2.45, 2.75) is 199 Å². The number of hydrogen-bond acceptors (Lipinski definition) is 6. The molecule has 0 aliphatic rings. The highest BCUT2D eigenvalue weighted by atomic mass is 16.6. The molecule has 0 spiro atoms. The van der Waals surface area contributed by atoms with Crippen LogP contribution in [0.4, 0.5) is 0 Å². The second-order valence-corrected chi connectivity index (χ2v) is 15.6. The number of ether oxygens (including phenoxy) is 3. The first-order chi connectivity index (χ1) is 25.1. The normalized spacial score (nSPS) is 13.2. The molecule has 0 aromatic carbocycles. The molecule has 52 heavy (non-hydrogen) atoms. The van der Waals surface area contributed by atoms with Crippen molar-refractivity contribution in [3.05, 3.63) is 24.3 Å². The van der Waals surface area contributed by atoms with Crippen LogP contribution in [0.15, 0.2) is 24.3 Å². The zero-order valence-corrected chi connectivity index (χ0v) is 34.5. The number of nitrogens with zero attached hydrogens (tertiary/aromatic N) is 1. The molecule has 0 aliphatic carbocycles. The van der Waals surface area contributed by atoms with E-state index in [1.54, 1.807) is 0 Å². The van der Waals surface area contributed by atoms with Crippen LogP contribution in [-0.2, 0) is 28.6 Å². The molecule has 0 bridgehead atoms. The molecule has 1 N–H and O–H groups in total. The summed E-state index contributed by atoms with van der Waals surface area (Å²) >= 11 is 0. The zero-order chi connectivity index (χ0) is 38.5. The van der Waals surface area contributed by atoms with Gasteiger partial charge in [0.2, 0.25) is 0 Å². The van der Waals surface area contributed by atoms with Crippen LogP contribution in [0.25, 0.3) is 0 Å². The van der Waals surface area contributed by atoms with Gasteiger partial charge in [-0.1, -0.05) is 154 Å². The van der Waals surface area contributed by atoms with Gasteiger partial charge in [-0.25, -0.2) is 4.79 Å². The summed E-state index contributed by atoms with van der Waals surface area (Å²) in [5.41, 5.74) is 0. The van der Waals surface area contributed by atoms with Crippen LogP contribution < -0.4 is 0 Å². The van der Waals surface area contributed by atoms with E-state index in [-0.39, 0.29) is 36.2 Å². The number of esters is 2. The molecule has 0 aromatic rings. The molecule has 0 rings (SSSR count). The largest absolute Gasteiger partial charge is 0.477 e. The number of likely N-dealkylation sites (N-methyl/N-ethyl adjacent to an activating group) is 1. The molecule has 0 aliphatic heterocycles. The van der Waals surface area contributed by atoms with Crippen molar-refractivity contribution in [2.75, 3.05) is 41.0 Å². The van der Waals surface area contributed by atoms with Crippen molar-refractivity contribution in [3.8, 4) is 0 Å². The van der Waals surface area contributed by atoms with Gasteiger partial charge in [-0.2, -0.15) is 0 Å². The topological polar surface area (TPSA) is 99.1 Å². The van der Waals surface area contributed by atoms with Gasteiger partial charge in [0.05, 0.1) is 34.4 Å². The Morgan fingerprint density at radius 1 is 0.596 bits per heavy atom. The van der Waals surface area contributed by atoms with E-state index in [9.17, 15) is 19.5 Å². The van der Waals surface area contributed by atoms with Crippen molar-refractivity contribution in [3.63, 3.8) is 0 Å². The number of carboxylic acids is 1. The molecule has 8 heteroatoms. The molecule has 2 unspecified atom stereocenters. The van der Waals surface area contributed by atoms with Gasteiger partial charge in [-0.15, -0.1) is 0 Å². The summed E-state index contributed by atoms with van der Waals surface area (Å²) < 4.78 is 17.3. The summed E-state index contributed by atoms with van der Waals surface area (Å²) in [6.45, 7) is 4.63. The van der Waals surface area contributed by atoms with Gasteiger partial charge in [-0.3, -0.25) is 9.59 Å². The van der Waals surface area contributed by atoms with Gasteiger partial charge in [0.15, 0.2) is 12.1 Å². The van der Waals surface area contributed by atoms with Crippen LogP contribution in [0, 0.1) is 0 Å². The Bertz CT molecular complexity index is 911. The lowest BCUT2D eigenvalue weighted by molar-refractivity contribution is -0.887. The second-order valence-electron chi connectivity index (χ2n) is 15.6. The molecule has 0 amide bonds. The Kier molecular flexibility index (Phi) is 34.3. The van der Waals surface area contributed by atoms with Crippen molar-refractivity contribution in [1.82, 2.24) is 0 Å². The fourth-order valence-electron chi connectivity index (χ4n) is 6.31. The van der Waals surface area contributed by atoms with Crippen LogP contribution in [0.5, 0.6) is 0 Å². The lowest BCUT2D eigenvalue weighted by Crippen LogP contribution is -2.50. The number of aliphatic carboxylic acids is 1. The molecule has 2 atom stereocenters. The van der Waals surface area contributed by atoms with Gasteiger partial charge in [0.1, 0.15) is 6.61 Å². The summed E-state index contributed by atoms with van der Waals surface area (Å²) in [5, 5.41) is 9.60. The first-order valence-electron chi connectivity index (χ1n) is 21.4. The fraction of sp³-hybridized carbons (Fsp3) is 0.841. The summed E-state index contributed by atoms with van der Waals surface area (Å²) in [4.78, 5) is 36.9. The Hall–Kier alpha value is -2.19. The Morgan fingerprint density at radius 3 is 1.58 bits per heavy atom. The highest BCUT2D eigenvalue weighted by molar-refractivity contribution is 5.72. The van der Waals surface area contributed by atoms with E-state index in [0.29, 0.717) is 19.3 Å². The Labute approximate surface area is 320 Å². The van der Waals surface area contributed by atoms with Gasteiger partial charge in [0, 0.05) is 19.3 Å². The Morgan fingerprint density at radius 2 is 1.08 bits per heavy atom. The highest BCUT2D eigenvalue weighted by Crippen LogP contribution is 2.15. The standard InChI is InChI=1S/C44H81NO7/c1-6-8-10-12-14-16-18-20-22-24-26-28-30-32-34-42(46)51-39-40(38-50-37-36-41(44(48)49)45(3,4)5)52-43(47)35-33-31-29-27-25-23-21-19-17-15-13-11-9-7-2/h9,11,15,17,40-41H,6-8,10,12-14,16,18-39H2,1-5H3/p+1/b11-9+,17-15+. The maximum atomic E-state index is 12.7. The number of carbonyl (C=O) groups excluding carboxylic acids is 2. The van der Waals surface area contributed by atoms with E-state index < -0.39 is 18.1 Å². The van der Waals surface area contributed by atoms with Gasteiger partial charge < -0.3 is 23.8 Å². The van der Waals surface area contributed by atoms with E-state index in [2.05, 4.69) is 38.2 Å².